The van der Waals surface area contributed by atoms with E-state index in [1.54, 1.807) is 18.3 Å². The number of benzene rings is 1. The Morgan fingerprint density at radius 1 is 1.21 bits per heavy atom. The lowest BCUT2D eigenvalue weighted by Gasteiger charge is -2.15. The molecule has 7 heteroatoms. The first kappa shape index (κ1) is 15.3. The average molecular weight is 341 g/mol. The summed E-state index contributed by atoms with van der Waals surface area (Å²) >= 11 is 1.51. The Hall–Kier alpha value is -2.25. The van der Waals surface area contributed by atoms with E-state index in [1.165, 1.54) is 23.9 Å². The minimum atomic E-state index is -0.252. The van der Waals surface area contributed by atoms with Crippen LogP contribution in [0.2, 0.25) is 0 Å². The molecule has 0 aliphatic carbocycles. The van der Waals surface area contributed by atoms with E-state index < -0.39 is 0 Å². The van der Waals surface area contributed by atoms with Crippen molar-refractivity contribution in [3.8, 4) is 22.5 Å². The Bertz CT molecular complexity index is 875. The van der Waals surface area contributed by atoms with Crippen LogP contribution in [0.5, 0.6) is 0 Å². The highest BCUT2D eigenvalue weighted by molar-refractivity contribution is 7.98. The number of fused-ring (bicyclic) bond motifs is 1. The van der Waals surface area contributed by atoms with Gasteiger partial charge in [0.1, 0.15) is 11.5 Å². The van der Waals surface area contributed by atoms with Gasteiger partial charge in [-0.2, -0.15) is 5.10 Å². The molecule has 0 saturated heterocycles. The number of nitrogens with one attached hydrogen (secondary N) is 1. The summed E-state index contributed by atoms with van der Waals surface area (Å²) in [6.45, 7) is 1.58. The maximum Gasteiger partial charge on any atom is 0.187 e. The quantitative estimate of drug-likeness (QED) is 0.586. The Balaban J connectivity index is 1.93. The summed E-state index contributed by atoms with van der Waals surface area (Å²) in [5.41, 5.74) is 4.74. The second-order valence-electron chi connectivity index (χ2n) is 5.51. The van der Waals surface area contributed by atoms with Gasteiger partial charge < -0.3 is 0 Å². The molecule has 0 amide bonds. The molecule has 1 N–H and O–H groups in total. The van der Waals surface area contributed by atoms with Crippen LogP contribution < -0.4 is 5.32 Å². The SMILES string of the molecule is CSc1nccc(-c2c(-c3ccc(F)cc3)nn3c2CCNC3)n1. The summed E-state index contributed by atoms with van der Waals surface area (Å²) in [5.74, 6) is -0.252. The molecule has 3 heterocycles. The van der Waals surface area contributed by atoms with Gasteiger partial charge in [-0.1, -0.05) is 11.8 Å². The van der Waals surface area contributed by atoms with Crippen molar-refractivity contribution in [1.29, 1.82) is 0 Å². The molecule has 1 aliphatic heterocycles. The van der Waals surface area contributed by atoms with Crippen molar-refractivity contribution in [2.75, 3.05) is 12.8 Å². The summed E-state index contributed by atoms with van der Waals surface area (Å²) in [4.78, 5) is 8.91. The zero-order valence-electron chi connectivity index (χ0n) is 13.2. The van der Waals surface area contributed by atoms with Gasteiger partial charge >= 0.3 is 0 Å². The van der Waals surface area contributed by atoms with E-state index >= 15 is 0 Å². The minimum Gasteiger partial charge on any atom is -0.298 e. The largest absolute Gasteiger partial charge is 0.298 e. The summed E-state index contributed by atoms with van der Waals surface area (Å²) in [6.07, 6.45) is 4.60. The van der Waals surface area contributed by atoms with Crippen LogP contribution in [0.4, 0.5) is 4.39 Å². The molecule has 1 aliphatic rings. The normalized spacial score (nSPS) is 13.8. The van der Waals surface area contributed by atoms with Crippen molar-refractivity contribution in [2.24, 2.45) is 0 Å². The van der Waals surface area contributed by atoms with Crippen LogP contribution >= 0.6 is 11.8 Å². The van der Waals surface area contributed by atoms with Crippen LogP contribution in [0.15, 0.2) is 41.7 Å². The minimum absolute atomic E-state index is 0.252. The van der Waals surface area contributed by atoms with Gasteiger partial charge in [0, 0.05) is 30.3 Å². The molecule has 24 heavy (non-hydrogen) atoms. The number of hydrogen-bond acceptors (Lipinski definition) is 5. The van der Waals surface area contributed by atoms with Crippen molar-refractivity contribution in [1.82, 2.24) is 25.1 Å². The zero-order chi connectivity index (χ0) is 16.5. The van der Waals surface area contributed by atoms with Crippen LogP contribution in [0.1, 0.15) is 5.69 Å². The van der Waals surface area contributed by atoms with Gasteiger partial charge in [0.05, 0.1) is 18.1 Å². The lowest BCUT2D eigenvalue weighted by atomic mass is 10.0. The number of hydrogen-bond donors (Lipinski definition) is 1. The van der Waals surface area contributed by atoms with Crippen molar-refractivity contribution < 1.29 is 4.39 Å². The summed E-state index contributed by atoms with van der Waals surface area (Å²) in [7, 11) is 0. The zero-order valence-corrected chi connectivity index (χ0v) is 14.0. The van der Waals surface area contributed by atoms with Gasteiger partial charge in [0.2, 0.25) is 0 Å². The molecule has 0 fully saturated rings. The lowest BCUT2D eigenvalue weighted by Crippen LogP contribution is -2.29. The maximum absolute atomic E-state index is 13.3. The fraction of sp³-hybridized carbons (Fsp3) is 0.235. The highest BCUT2D eigenvalue weighted by Gasteiger charge is 2.23. The van der Waals surface area contributed by atoms with Gasteiger partial charge in [0.25, 0.3) is 0 Å². The molecular weight excluding hydrogens is 325 g/mol. The van der Waals surface area contributed by atoms with E-state index in [9.17, 15) is 4.39 Å². The molecule has 0 spiro atoms. The number of aromatic nitrogens is 4. The molecule has 2 aromatic heterocycles. The highest BCUT2D eigenvalue weighted by atomic mass is 32.2. The second kappa shape index (κ2) is 6.33. The number of halogens is 1. The van der Waals surface area contributed by atoms with Gasteiger partial charge in [-0.05, 0) is 36.6 Å². The lowest BCUT2D eigenvalue weighted by molar-refractivity contribution is 0.454. The van der Waals surface area contributed by atoms with E-state index in [0.717, 1.165) is 46.3 Å². The average Bonchev–Trinajstić information content (AvgIpc) is 3.02. The first-order chi connectivity index (χ1) is 11.8. The van der Waals surface area contributed by atoms with E-state index in [4.69, 9.17) is 5.10 Å². The maximum atomic E-state index is 13.3. The van der Waals surface area contributed by atoms with E-state index in [2.05, 4.69) is 15.3 Å². The molecule has 0 bridgehead atoms. The molecule has 5 nitrogen and oxygen atoms in total. The summed E-state index contributed by atoms with van der Waals surface area (Å²) < 4.78 is 15.3. The molecule has 1 aromatic carbocycles. The molecule has 122 valence electrons. The Morgan fingerprint density at radius 2 is 2.04 bits per heavy atom. The van der Waals surface area contributed by atoms with Crippen molar-refractivity contribution >= 4 is 11.8 Å². The smallest absolute Gasteiger partial charge is 0.187 e. The number of nitrogens with zero attached hydrogens (tertiary/aromatic N) is 4. The Morgan fingerprint density at radius 3 is 2.83 bits per heavy atom. The van der Waals surface area contributed by atoms with Crippen LogP contribution in [0, 0.1) is 5.82 Å². The molecule has 3 aromatic rings. The van der Waals surface area contributed by atoms with E-state index in [1.807, 2.05) is 17.0 Å². The van der Waals surface area contributed by atoms with Crippen molar-refractivity contribution in [2.45, 2.75) is 18.2 Å². The fourth-order valence-electron chi connectivity index (χ4n) is 2.93. The van der Waals surface area contributed by atoms with Crippen LogP contribution in [0.25, 0.3) is 22.5 Å². The standard InChI is InChI=1S/C17H16FN5S/c1-24-17-20-9-6-13(21-17)15-14-7-8-19-10-23(14)22-16(15)11-2-4-12(18)5-3-11/h2-6,9,19H,7-8,10H2,1H3. The number of thioether (sulfide) groups is 1. The Labute approximate surface area is 143 Å². The summed E-state index contributed by atoms with van der Waals surface area (Å²) in [5, 5.41) is 8.79. The fourth-order valence-corrected chi connectivity index (χ4v) is 3.29. The predicted octanol–water partition coefficient (Wildman–Crippen LogP) is 2.97. The van der Waals surface area contributed by atoms with Gasteiger partial charge in [-0.3, -0.25) is 10.00 Å². The van der Waals surface area contributed by atoms with Crippen LogP contribution in [-0.2, 0) is 13.1 Å². The topological polar surface area (TPSA) is 55.6 Å². The first-order valence-electron chi connectivity index (χ1n) is 7.70. The Kier molecular flexibility index (Phi) is 4.03. The number of rotatable bonds is 3. The first-order valence-corrected chi connectivity index (χ1v) is 8.92. The third-order valence-electron chi connectivity index (χ3n) is 4.05. The molecule has 0 unspecified atom stereocenters. The highest BCUT2D eigenvalue weighted by Crippen LogP contribution is 2.35. The monoisotopic (exact) mass is 341 g/mol. The summed E-state index contributed by atoms with van der Waals surface area (Å²) in [6, 6.07) is 8.35. The van der Waals surface area contributed by atoms with E-state index in [0.29, 0.717) is 6.67 Å². The van der Waals surface area contributed by atoms with Gasteiger partial charge in [-0.25, -0.2) is 14.4 Å². The molecule has 0 radical (unpaired) electrons. The third kappa shape index (κ3) is 2.70. The van der Waals surface area contributed by atoms with Crippen LogP contribution in [-0.4, -0.2) is 32.5 Å². The molecular formula is C17H16FN5S. The predicted molar refractivity (Wildman–Crippen MR) is 92.1 cm³/mol. The molecule has 0 atom stereocenters. The second-order valence-corrected chi connectivity index (χ2v) is 6.29. The molecule has 0 saturated carbocycles. The van der Waals surface area contributed by atoms with Gasteiger partial charge in [0.15, 0.2) is 5.16 Å². The van der Waals surface area contributed by atoms with Gasteiger partial charge in [-0.15, -0.1) is 0 Å². The van der Waals surface area contributed by atoms with Crippen molar-refractivity contribution in [3.05, 3.63) is 48.0 Å². The van der Waals surface area contributed by atoms with Crippen LogP contribution in [0.3, 0.4) is 0 Å². The van der Waals surface area contributed by atoms with E-state index in [-0.39, 0.29) is 5.82 Å². The van der Waals surface area contributed by atoms with Crippen molar-refractivity contribution in [3.63, 3.8) is 0 Å². The third-order valence-corrected chi connectivity index (χ3v) is 4.61. The molecule has 4 rings (SSSR count).